The van der Waals surface area contributed by atoms with Crippen molar-refractivity contribution >= 4 is 29.5 Å². The van der Waals surface area contributed by atoms with Gasteiger partial charge >= 0.3 is 0 Å². The second-order valence-electron chi connectivity index (χ2n) is 1.80. The van der Waals surface area contributed by atoms with Crippen LogP contribution in [0.3, 0.4) is 0 Å². The standard InChI is InChI=1S/C6H4Cl2N2O.C2H6/c7-5-4(1-2-11)6(8)10-3-9-5;1-2/h2-3H,1H2;1-2H3. The first-order valence-electron chi connectivity index (χ1n) is 3.84. The van der Waals surface area contributed by atoms with Crippen molar-refractivity contribution < 1.29 is 4.79 Å². The Bertz CT molecular complexity index is 259. The highest BCUT2D eigenvalue weighted by molar-refractivity contribution is 6.34. The van der Waals surface area contributed by atoms with Crippen molar-refractivity contribution in [2.75, 3.05) is 0 Å². The van der Waals surface area contributed by atoms with E-state index in [9.17, 15) is 4.79 Å². The van der Waals surface area contributed by atoms with Crippen LogP contribution in [0.15, 0.2) is 6.33 Å². The lowest BCUT2D eigenvalue weighted by molar-refractivity contribution is -0.107. The maximum Gasteiger partial charge on any atom is 0.137 e. The second-order valence-corrected chi connectivity index (χ2v) is 2.52. The van der Waals surface area contributed by atoms with Crippen LogP contribution in [0.5, 0.6) is 0 Å². The number of nitrogens with zero attached hydrogens (tertiary/aromatic N) is 2. The third-order valence-electron chi connectivity index (χ3n) is 1.13. The van der Waals surface area contributed by atoms with E-state index >= 15 is 0 Å². The van der Waals surface area contributed by atoms with Gasteiger partial charge in [0, 0.05) is 12.0 Å². The zero-order valence-corrected chi connectivity index (χ0v) is 8.93. The molecule has 5 heteroatoms. The molecule has 0 radical (unpaired) electrons. The van der Waals surface area contributed by atoms with Gasteiger partial charge in [-0.3, -0.25) is 0 Å². The molecule has 0 aliphatic rings. The molecule has 1 aromatic rings. The molecule has 0 fully saturated rings. The minimum Gasteiger partial charge on any atom is -0.303 e. The first kappa shape index (κ1) is 12.3. The molecule has 1 rings (SSSR count). The molecule has 0 amide bonds. The van der Waals surface area contributed by atoms with Crippen molar-refractivity contribution in [3.8, 4) is 0 Å². The maximum atomic E-state index is 10.1. The van der Waals surface area contributed by atoms with Crippen LogP contribution in [-0.4, -0.2) is 16.3 Å². The molecule has 0 N–H and O–H groups in total. The predicted octanol–water partition coefficient (Wildman–Crippen LogP) is 2.55. The summed E-state index contributed by atoms with van der Waals surface area (Å²) in [6, 6.07) is 0. The van der Waals surface area contributed by atoms with Gasteiger partial charge in [0.05, 0.1) is 0 Å². The Labute approximate surface area is 87.1 Å². The summed E-state index contributed by atoms with van der Waals surface area (Å²) in [6.07, 6.45) is 2.11. The van der Waals surface area contributed by atoms with Crippen LogP contribution in [0, 0.1) is 0 Å². The predicted molar refractivity (Wildman–Crippen MR) is 53.2 cm³/mol. The number of halogens is 2. The van der Waals surface area contributed by atoms with Gasteiger partial charge in [-0.25, -0.2) is 9.97 Å². The van der Waals surface area contributed by atoms with E-state index < -0.39 is 0 Å². The average Bonchev–Trinajstić information content (AvgIpc) is 2.15. The highest BCUT2D eigenvalue weighted by Crippen LogP contribution is 2.18. The number of aromatic nitrogens is 2. The second kappa shape index (κ2) is 6.80. The molecule has 0 unspecified atom stereocenters. The number of rotatable bonds is 2. The molecule has 0 saturated heterocycles. The Morgan fingerprint density at radius 3 is 2.15 bits per heavy atom. The van der Waals surface area contributed by atoms with Gasteiger partial charge in [-0.15, -0.1) is 0 Å². The van der Waals surface area contributed by atoms with Gasteiger partial charge in [0.2, 0.25) is 0 Å². The summed E-state index contributed by atoms with van der Waals surface area (Å²) in [6.45, 7) is 4.00. The fourth-order valence-electron chi connectivity index (χ4n) is 0.623. The van der Waals surface area contributed by atoms with Gasteiger partial charge in [0.1, 0.15) is 22.9 Å². The molecule has 72 valence electrons. The summed E-state index contributed by atoms with van der Waals surface area (Å²) in [5.74, 6) is 0. The highest BCUT2D eigenvalue weighted by atomic mass is 35.5. The molecule has 0 aromatic carbocycles. The lowest BCUT2D eigenvalue weighted by Crippen LogP contribution is -1.93. The zero-order chi connectivity index (χ0) is 10.3. The first-order valence-corrected chi connectivity index (χ1v) is 4.60. The molecule has 0 bridgehead atoms. The summed E-state index contributed by atoms with van der Waals surface area (Å²) < 4.78 is 0. The normalized spacial score (nSPS) is 8.62. The fourth-order valence-corrected chi connectivity index (χ4v) is 1.09. The van der Waals surface area contributed by atoms with Gasteiger partial charge in [-0.1, -0.05) is 37.0 Å². The summed E-state index contributed by atoms with van der Waals surface area (Å²) in [7, 11) is 0. The van der Waals surface area contributed by atoms with E-state index in [1.165, 1.54) is 6.33 Å². The summed E-state index contributed by atoms with van der Waals surface area (Å²) in [4.78, 5) is 17.4. The largest absolute Gasteiger partial charge is 0.303 e. The van der Waals surface area contributed by atoms with Crippen molar-refractivity contribution in [2.24, 2.45) is 0 Å². The first-order chi connectivity index (χ1) is 6.25. The number of aldehydes is 1. The van der Waals surface area contributed by atoms with Crippen molar-refractivity contribution in [1.82, 2.24) is 9.97 Å². The lowest BCUT2D eigenvalue weighted by atomic mass is 10.3. The van der Waals surface area contributed by atoms with Crippen molar-refractivity contribution in [2.45, 2.75) is 20.3 Å². The van der Waals surface area contributed by atoms with Gasteiger partial charge < -0.3 is 4.79 Å². The Balaban J connectivity index is 0.000000671. The highest BCUT2D eigenvalue weighted by Gasteiger charge is 2.05. The van der Waals surface area contributed by atoms with Crippen LogP contribution in [0.1, 0.15) is 19.4 Å². The Hall–Kier alpha value is -0.670. The van der Waals surface area contributed by atoms with Gasteiger partial charge in [-0.2, -0.15) is 0 Å². The van der Waals surface area contributed by atoms with Crippen LogP contribution < -0.4 is 0 Å². The van der Waals surface area contributed by atoms with E-state index in [4.69, 9.17) is 23.2 Å². The fraction of sp³-hybridized carbons (Fsp3) is 0.375. The third kappa shape index (κ3) is 3.70. The van der Waals surface area contributed by atoms with Crippen molar-refractivity contribution in [3.63, 3.8) is 0 Å². The van der Waals surface area contributed by atoms with Crippen molar-refractivity contribution in [1.29, 1.82) is 0 Å². The van der Waals surface area contributed by atoms with E-state index in [1.54, 1.807) is 0 Å². The quantitative estimate of drug-likeness (QED) is 0.569. The summed E-state index contributed by atoms with van der Waals surface area (Å²) in [5, 5.41) is 0.467. The molecule has 3 nitrogen and oxygen atoms in total. The van der Waals surface area contributed by atoms with E-state index in [2.05, 4.69) is 9.97 Å². The van der Waals surface area contributed by atoms with E-state index in [-0.39, 0.29) is 16.7 Å². The topological polar surface area (TPSA) is 42.9 Å². The van der Waals surface area contributed by atoms with E-state index in [1.807, 2.05) is 13.8 Å². The molecule has 0 spiro atoms. The van der Waals surface area contributed by atoms with Crippen LogP contribution in [0.4, 0.5) is 0 Å². The Kier molecular flexibility index (Phi) is 6.45. The molecular weight excluding hydrogens is 211 g/mol. The van der Waals surface area contributed by atoms with Crippen molar-refractivity contribution in [3.05, 3.63) is 22.2 Å². The van der Waals surface area contributed by atoms with Gasteiger partial charge in [0.15, 0.2) is 0 Å². The number of carbonyl (C=O) groups is 1. The third-order valence-corrected chi connectivity index (χ3v) is 1.78. The molecule has 1 aromatic heterocycles. The summed E-state index contributed by atoms with van der Waals surface area (Å²) in [5.41, 5.74) is 0.478. The molecule has 0 saturated carbocycles. The molecule has 0 atom stereocenters. The zero-order valence-electron chi connectivity index (χ0n) is 7.42. The molecule has 0 aliphatic carbocycles. The van der Waals surface area contributed by atoms with Crippen LogP contribution in [-0.2, 0) is 11.2 Å². The van der Waals surface area contributed by atoms with Crippen LogP contribution in [0.25, 0.3) is 0 Å². The number of hydrogen-bond acceptors (Lipinski definition) is 3. The van der Waals surface area contributed by atoms with E-state index in [0.717, 1.165) is 0 Å². The lowest BCUT2D eigenvalue weighted by Gasteiger charge is -1.98. The van der Waals surface area contributed by atoms with Gasteiger partial charge in [0.25, 0.3) is 0 Å². The minimum atomic E-state index is 0.151. The summed E-state index contributed by atoms with van der Waals surface area (Å²) >= 11 is 11.2. The molecule has 1 heterocycles. The van der Waals surface area contributed by atoms with E-state index in [0.29, 0.717) is 11.8 Å². The average molecular weight is 221 g/mol. The smallest absolute Gasteiger partial charge is 0.137 e. The van der Waals surface area contributed by atoms with Gasteiger partial charge in [-0.05, 0) is 0 Å². The molecular formula is C8H10Cl2N2O. The maximum absolute atomic E-state index is 10.1. The molecule has 13 heavy (non-hydrogen) atoms. The Morgan fingerprint density at radius 1 is 1.31 bits per heavy atom. The minimum absolute atomic E-state index is 0.151. The SMILES string of the molecule is CC.O=CCc1c(Cl)ncnc1Cl. The van der Waals surface area contributed by atoms with Crippen LogP contribution in [0.2, 0.25) is 10.3 Å². The van der Waals surface area contributed by atoms with Crippen LogP contribution >= 0.6 is 23.2 Å². The Morgan fingerprint density at radius 2 is 1.77 bits per heavy atom. The molecule has 0 aliphatic heterocycles. The number of hydrogen-bond donors (Lipinski definition) is 0. The monoisotopic (exact) mass is 220 g/mol. The number of carbonyl (C=O) groups excluding carboxylic acids is 1.